The van der Waals surface area contributed by atoms with Gasteiger partial charge in [0.1, 0.15) is 16.6 Å². The maximum atomic E-state index is 13.0. The smallest absolute Gasteiger partial charge is 0.254 e. The Bertz CT molecular complexity index is 844. The quantitative estimate of drug-likeness (QED) is 0.714. The average Bonchev–Trinajstić information content (AvgIpc) is 3.04. The molecule has 3 saturated heterocycles. The van der Waals surface area contributed by atoms with E-state index in [9.17, 15) is 13.2 Å². The fourth-order valence-electron chi connectivity index (χ4n) is 4.44. The number of methoxy groups -OCH3 is 2. The Morgan fingerprint density at radius 3 is 2.89 bits per heavy atom. The molecule has 3 aliphatic heterocycles. The lowest BCUT2D eigenvalue weighted by atomic mass is 9.99. The number of nitrogens with zero attached hydrogens (tertiary/aromatic N) is 2. The lowest BCUT2D eigenvalue weighted by Crippen LogP contribution is -2.56. The fraction of sp³-hybridized carbons (Fsp3) is 0.611. The molecule has 1 spiro atoms. The highest BCUT2D eigenvalue weighted by molar-refractivity contribution is 7.90. The van der Waals surface area contributed by atoms with E-state index in [2.05, 4.69) is 0 Å². The summed E-state index contributed by atoms with van der Waals surface area (Å²) < 4.78 is 43.7. The largest absolute Gasteiger partial charge is 0.497 e. The standard InChI is InChI=1S/C18H24N2O6S/c1-24-7-6-20-12-18-11-19(10-15(26-18)9-16(18)27(20,22)23)17(21)13-4-3-5-14(8-13)25-2/h3-5,8,15-16H,6-7,9-12H2,1-2H3/t15-,16+,18+/m1/s1. The SMILES string of the molecule is COCCN1C[C@@]23CN(C(=O)c4cccc(OC)c4)C[C@@H](C[C@@H]2S1(=O)=O)O3. The highest BCUT2D eigenvalue weighted by Gasteiger charge is 2.65. The molecular formula is C18H24N2O6S. The number of sulfonamides is 1. The second-order valence-corrected chi connectivity index (χ2v) is 9.43. The van der Waals surface area contributed by atoms with Crippen molar-refractivity contribution < 1.29 is 27.4 Å². The van der Waals surface area contributed by atoms with Gasteiger partial charge in [0.05, 0.1) is 26.4 Å². The molecule has 2 bridgehead atoms. The minimum absolute atomic E-state index is 0.130. The van der Waals surface area contributed by atoms with Crippen molar-refractivity contribution in [1.82, 2.24) is 9.21 Å². The summed E-state index contributed by atoms with van der Waals surface area (Å²) in [6.07, 6.45) is 0.172. The van der Waals surface area contributed by atoms with Crippen LogP contribution in [0.25, 0.3) is 0 Å². The predicted molar refractivity (Wildman–Crippen MR) is 97.3 cm³/mol. The van der Waals surface area contributed by atoms with Crippen LogP contribution in [-0.4, -0.2) is 87.5 Å². The van der Waals surface area contributed by atoms with E-state index in [0.717, 1.165) is 0 Å². The molecule has 4 rings (SSSR count). The van der Waals surface area contributed by atoms with Crippen molar-refractivity contribution in [2.75, 3.05) is 47.0 Å². The van der Waals surface area contributed by atoms with Gasteiger partial charge in [-0.15, -0.1) is 0 Å². The average molecular weight is 396 g/mol. The number of amides is 1. The second kappa shape index (κ2) is 6.73. The molecular weight excluding hydrogens is 372 g/mol. The van der Waals surface area contributed by atoms with Crippen molar-refractivity contribution >= 4 is 15.9 Å². The molecule has 0 saturated carbocycles. The molecule has 1 aromatic rings. The third-order valence-corrected chi connectivity index (χ3v) is 8.03. The van der Waals surface area contributed by atoms with Crippen LogP contribution in [0.15, 0.2) is 24.3 Å². The first-order chi connectivity index (χ1) is 12.9. The van der Waals surface area contributed by atoms with E-state index in [1.807, 2.05) is 0 Å². The second-order valence-electron chi connectivity index (χ2n) is 7.32. The van der Waals surface area contributed by atoms with Crippen LogP contribution >= 0.6 is 0 Å². The van der Waals surface area contributed by atoms with Crippen LogP contribution in [0, 0.1) is 0 Å². The molecule has 3 fully saturated rings. The van der Waals surface area contributed by atoms with Crippen molar-refractivity contribution in [2.45, 2.75) is 23.4 Å². The molecule has 3 atom stereocenters. The van der Waals surface area contributed by atoms with E-state index >= 15 is 0 Å². The summed E-state index contributed by atoms with van der Waals surface area (Å²) >= 11 is 0. The number of carbonyl (C=O) groups excluding carboxylic acids is 1. The number of fused-ring (bicyclic) bond motifs is 1. The zero-order valence-electron chi connectivity index (χ0n) is 15.5. The van der Waals surface area contributed by atoms with Crippen LogP contribution in [0.2, 0.25) is 0 Å². The summed E-state index contributed by atoms with van der Waals surface area (Å²) in [6.45, 7) is 1.57. The van der Waals surface area contributed by atoms with Gasteiger partial charge in [-0.05, 0) is 24.6 Å². The maximum absolute atomic E-state index is 13.0. The number of likely N-dealkylation sites (tertiary alicyclic amines) is 1. The van der Waals surface area contributed by atoms with Gasteiger partial charge in [0, 0.05) is 32.3 Å². The normalized spacial score (nSPS) is 31.7. The van der Waals surface area contributed by atoms with Crippen molar-refractivity contribution in [2.24, 2.45) is 0 Å². The van der Waals surface area contributed by atoms with E-state index < -0.39 is 20.9 Å². The summed E-state index contributed by atoms with van der Waals surface area (Å²) in [5, 5.41) is -0.602. The molecule has 3 aliphatic rings. The van der Waals surface area contributed by atoms with Gasteiger partial charge in [0.15, 0.2) is 0 Å². The molecule has 0 unspecified atom stereocenters. The molecule has 9 heteroatoms. The number of benzene rings is 1. The van der Waals surface area contributed by atoms with Crippen LogP contribution in [0.1, 0.15) is 16.8 Å². The molecule has 8 nitrogen and oxygen atoms in total. The zero-order valence-corrected chi connectivity index (χ0v) is 16.3. The Kier molecular flexibility index (Phi) is 4.66. The number of hydrogen-bond acceptors (Lipinski definition) is 6. The minimum atomic E-state index is -3.45. The lowest BCUT2D eigenvalue weighted by molar-refractivity contribution is -0.0981. The number of carbonyl (C=O) groups is 1. The molecule has 27 heavy (non-hydrogen) atoms. The molecule has 148 valence electrons. The minimum Gasteiger partial charge on any atom is -0.497 e. The van der Waals surface area contributed by atoms with Crippen LogP contribution < -0.4 is 4.74 Å². The summed E-state index contributed by atoms with van der Waals surface area (Å²) in [5.41, 5.74) is -0.329. The van der Waals surface area contributed by atoms with E-state index in [4.69, 9.17) is 14.2 Å². The monoisotopic (exact) mass is 396 g/mol. The van der Waals surface area contributed by atoms with Gasteiger partial charge in [-0.25, -0.2) is 8.42 Å². The summed E-state index contributed by atoms with van der Waals surface area (Å²) in [4.78, 5) is 14.7. The van der Waals surface area contributed by atoms with Crippen LogP contribution in [0.5, 0.6) is 5.75 Å². The van der Waals surface area contributed by atoms with Crippen molar-refractivity contribution in [3.8, 4) is 5.75 Å². The van der Waals surface area contributed by atoms with Gasteiger partial charge in [-0.3, -0.25) is 4.79 Å². The lowest BCUT2D eigenvalue weighted by Gasteiger charge is -2.39. The molecule has 1 aromatic carbocycles. The van der Waals surface area contributed by atoms with Crippen LogP contribution in [-0.2, 0) is 19.5 Å². The number of rotatable bonds is 5. The van der Waals surface area contributed by atoms with E-state index in [1.54, 1.807) is 43.4 Å². The fourth-order valence-corrected chi connectivity index (χ4v) is 6.73. The number of ether oxygens (including phenoxy) is 3. The van der Waals surface area contributed by atoms with E-state index in [1.165, 1.54) is 4.31 Å². The van der Waals surface area contributed by atoms with Gasteiger partial charge < -0.3 is 19.1 Å². The van der Waals surface area contributed by atoms with Crippen LogP contribution in [0.4, 0.5) is 0 Å². The molecule has 3 heterocycles. The maximum Gasteiger partial charge on any atom is 0.254 e. The van der Waals surface area contributed by atoms with Gasteiger partial charge in [-0.1, -0.05) is 6.07 Å². The zero-order chi connectivity index (χ0) is 19.2. The van der Waals surface area contributed by atoms with Crippen molar-refractivity contribution in [3.63, 3.8) is 0 Å². The first-order valence-electron chi connectivity index (χ1n) is 8.99. The molecule has 1 amide bonds. The van der Waals surface area contributed by atoms with Gasteiger partial charge >= 0.3 is 0 Å². The first kappa shape index (κ1) is 18.7. The number of hydrogen-bond donors (Lipinski definition) is 0. The van der Waals surface area contributed by atoms with Crippen LogP contribution in [0.3, 0.4) is 0 Å². The molecule has 0 radical (unpaired) electrons. The Morgan fingerprint density at radius 1 is 1.33 bits per heavy atom. The molecule has 0 aliphatic carbocycles. The third kappa shape index (κ3) is 3.02. The van der Waals surface area contributed by atoms with Crippen molar-refractivity contribution in [1.29, 1.82) is 0 Å². The Balaban J connectivity index is 1.58. The Labute approximate surface area is 159 Å². The summed E-state index contributed by atoms with van der Waals surface area (Å²) in [7, 11) is -0.354. The highest BCUT2D eigenvalue weighted by atomic mass is 32.2. The summed E-state index contributed by atoms with van der Waals surface area (Å²) in [5.74, 6) is 0.484. The summed E-state index contributed by atoms with van der Waals surface area (Å²) in [6, 6.07) is 7.00. The number of morpholine rings is 1. The van der Waals surface area contributed by atoms with Gasteiger partial charge in [-0.2, -0.15) is 4.31 Å². The molecule has 0 aromatic heterocycles. The third-order valence-electron chi connectivity index (χ3n) is 5.66. The Hall–Kier alpha value is -1.68. The highest BCUT2D eigenvalue weighted by Crippen LogP contribution is 2.46. The first-order valence-corrected chi connectivity index (χ1v) is 10.5. The van der Waals surface area contributed by atoms with Gasteiger partial charge in [0.25, 0.3) is 5.91 Å². The predicted octanol–water partition coefficient (Wildman–Crippen LogP) is 0.339. The molecule has 0 N–H and O–H groups in total. The van der Waals surface area contributed by atoms with E-state index in [0.29, 0.717) is 37.4 Å². The van der Waals surface area contributed by atoms with Gasteiger partial charge in [0.2, 0.25) is 10.0 Å². The van der Waals surface area contributed by atoms with E-state index in [-0.39, 0.29) is 25.1 Å². The van der Waals surface area contributed by atoms with Crippen molar-refractivity contribution in [3.05, 3.63) is 29.8 Å². The Morgan fingerprint density at radius 2 is 2.15 bits per heavy atom. The topological polar surface area (TPSA) is 85.4 Å².